The minimum Gasteiger partial charge on any atom is -0.310 e. The Hall–Kier alpha value is -0.860. The van der Waals surface area contributed by atoms with Crippen molar-refractivity contribution in [3.05, 3.63) is 35.4 Å². The lowest BCUT2D eigenvalue weighted by Crippen LogP contribution is -2.26. The molecule has 2 aliphatic rings. The Bertz CT molecular complexity index is 443. The quantitative estimate of drug-likeness (QED) is 0.816. The summed E-state index contributed by atoms with van der Waals surface area (Å²) in [7, 11) is 0. The molecule has 1 aromatic carbocycles. The highest BCUT2D eigenvalue weighted by molar-refractivity contribution is 5.22. The minimum atomic E-state index is 0.591. The van der Waals surface area contributed by atoms with Crippen LogP contribution in [0.2, 0.25) is 0 Å². The number of hydrogen-bond acceptors (Lipinski definition) is 2. The molecule has 1 saturated carbocycles. The number of rotatable bonds is 7. The van der Waals surface area contributed by atoms with Gasteiger partial charge in [0, 0.05) is 25.7 Å². The molecule has 0 aromatic heterocycles. The van der Waals surface area contributed by atoms with Crippen LogP contribution in [0.25, 0.3) is 0 Å². The van der Waals surface area contributed by atoms with Crippen molar-refractivity contribution < 1.29 is 0 Å². The maximum atomic E-state index is 3.58. The molecule has 116 valence electrons. The van der Waals surface area contributed by atoms with E-state index in [4.69, 9.17) is 0 Å². The average Bonchev–Trinajstić information content (AvgIpc) is 3.27. The Morgan fingerprint density at radius 2 is 1.76 bits per heavy atom. The molecule has 0 atom stereocenters. The van der Waals surface area contributed by atoms with Crippen LogP contribution in [-0.2, 0) is 13.1 Å². The largest absolute Gasteiger partial charge is 0.310 e. The van der Waals surface area contributed by atoms with Gasteiger partial charge in [-0.25, -0.2) is 0 Å². The second-order valence-corrected chi connectivity index (χ2v) is 7.14. The second kappa shape index (κ2) is 6.50. The number of benzene rings is 1. The van der Waals surface area contributed by atoms with Gasteiger partial charge in [-0.3, -0.25) is 4.90 Å². The first-order valence-corrected chi connectivity index (χ1v) is 8.76. The molecule has 1 aliphatic carbocycles. The molecule has 2 nitrogen and oxygen atoms in total. The predicted molar refractivity (Wildman–Crippen MR) is 89.2 cm³/mol. The molecular formula is C19H30N2. The van der Waals surface area contributed by atoms with Crippen molar-refractivity contribution >= 4 is 0 Å². The Morgan fingerprint density at radius 1 is 1.10 bits per heavy atom. The molecule has 21 heavy (non-hydrogen) atoms. The van der Waals surface area contributed by atoms with Crippen molar-refractivity contribution in [2.24, 2.45) is 5.41 Å². The Morgan fingerprint density at radius 3 is 2.33 bits per heavy atom. The summed E-state index contributed by atoms with van der Waals surface area (Å²) in [6, 6.07) is 10.0. The lowest BCUT2D eigenvalue weighted by Gasteiger charge is -2.26. The highest BCUT2D eigenvalue weighted by Crippen LogP contribution is 2.37. The molecular weight excluding hydrogens is 256 g/mol. The van der Waals surface area contributed by atoms with E-state index in [1.54, 1.807) is 0 Å². The highest BCUT2D eigenvalue weighted by Gasteiger charge is 2.34. The van der Waals surface area contributed by atoms with Crippen LogP contribution >= 0.6 is 0 Å². The maximum Gasteiger partial charge on any atom is 0.0233 e. The van der Waals surface area contributed by atoms with Crippen LogP contribution in [0.15, 0.2) is 24.3 Å². The zero-order chi connectivity index (χ0) is 14.7. The first-order valence-electron chi connectivity index (χ1n) is 8.76. The fraction of sp³-hybridized carbons (Fsp3) is 0.684. The van der Waals surface area contributed by atoms with Gasteiger partial charge < -0.3 is 5.32 Å². The Kier molecular flexibility index (Phi) is 4.66. The van der Waals surface area contributed by atoms with Crippen molar-refractivity contribution in [1.29, 1.82) is 0 Å². The summed E-state index contributed by atoms with van der Waals surface area (Å²) in [5.74, 6) is 0. The van der Waals surface area contributed by atoms with E-state index in [-0.39, 0.29) is 0 Å². The van der Waals surface area contributed by atoms with Crippen LogP contribution in [-0.4, -0.2) is 24.0 Å². The van der Waals surface area contributed by atoms with E-state index in [0.717, 1.165) is 19.1 Å². The number of hydrogen-bond donors (Lipinski definition) is 1. The molecule has 1 aromatic rings. The monoisotopic (exact) mass is 286 g/mol. The zero-order valence-electron chi connectivity index (χ0n) is 13.7. The SMILES string of the molecule is CCC1(CC)CCN(Cc2ccc(CNC3CC3)cc2)C1. The summed E-state index contributed by atoms with van der Waals surface area (Å²) in [4.78, 5) is 2.64. The molecule has 0 spiro atoms. The van der Waals surface area contributed by atoms with Crippen LogP contribution in [0, 0.1) is 5.41 Å². The van der Waals surface area contributed by atoms with Crippen molar-refractivity contribution in [1.82, 2.24) is 10.2 Å². The van der Waals surface area contributed by atoms with E-state index >= 15 is 0 Å². The van der Waals surface area contributed by atoms with Gasteiger partial charge in [0.05, 0.1) is 0 Å². The summed E-state index contributed by atoms with van der Waals surface area (Å²) >= 11 is 0. The summed E-state index contributed by atoms with van der Waals surface area (Å²) in [6.45, 7) is 9.42. The molecule has 1 heterocycles. The fourth-order valence-corrected chi connectivity index (χ4v) is 3.56. The molecule has 0 amide bonds. The van der Waals surface area contributed by atoms with Crippen LogP contribution in [0.5, 0.6) is 0 Å². The summed E-state index contributed by atoms with van der Waals surface area (Å²) in [5, 5.41) is 3.58. The summed E-state index contributed by atoms with van der Waals surface area (Å²) in [6.07, 6.45) is 6.76. The van der Waals surface area contributed by atoms with E-state index in [1.807, 2.05) is 0 Å². The van der Waals surface area contributed by atoms with Crippen molar-refractivity contribution in [3.8, 4) is 0 Å². The third-order valence-electron chi connectivity index (χ3n) is 5.62. The standard InChI is InChI=1S/C19H30N2/c1-3-19(4-2)11-12-21(15-19)14-17-7-5-16(6-8-17)13-20-18-9-10-18/h5-8,18,20H,3-4,9-15H2,1-2H3. The molecule has 1 aliphatic heterocycles. The van der Waals surface area contributed by atoms with Crippen LogP contribution in [0.1, 0.15) is 57.1 Å². The Balaban J connectivity index is 1.50. The normalized spacial score (nSPS) is 21.8. The molecule has 0 unspecified atom stereocenters. The van der Waals surface area contributed by atoms with E-state index in [1.165, 1.54) is 56.3 Å². The van der Waals surface area contributed by atoms with E-state index in [0.29, 0.717) is 5.41 Å². The fourth-order valence-electron chi connectivity index (χ4n) is 3.56. The molecule has 0 bridgehead atoms. The van der Waals surface area contributed by atoms with Gasteiger partial charge >= 0.3 is 0 Å². The number of likely N-dealkylation sites (tertiary alicyclic amines) is 1. The molecule has 2 heteroatoms. The van der Waals surface area contributed by atoms with Gasteiger partial charge in [0.25, 0.3) is 0 Å². The molecule has 1 N–H and O–H groups in total. The highest BCUT2D eigenvalue weighted by atomic mass is 15.2. The predicted octanol–water partition coefficient (Wildman–Crippen LogP) is 3.95. The van der Waals surface area contributed by atoms with Gasteiger partial charge in [-0.05, 0) is 55.2 Å². The Labute approximate surface area is 129 Å². The zero-order valence-corrected chi connectivity index (χ0v) is 13.7. The van der Waals surface area contributed by atoms with Crippen LogP contribution in [0.4, 0.5) is 0 Å². The molecule has 0 radical (unpaired) electrons. The number of nitrogens with one attached hydrogen (secondary N) is 1. The van der Waals surface area contributed by atoms with Crippen molar-refractivity contribution in [2.45, 2.75) is 65.1 Å². The van der Waals surface area contributed by atoms with Gasteiger partial charge in [-0.15, -0.1) is 0 Å². The second-order valence-electron chi connectivity index (χ2n) is 7.14. The molecule has 3 rings (SSSR count). The average molecular weight is 286 g/mol. The third kappa shape index (κ3) is 3.87. The van der Waals surface area contributed by atoms with Gasteiger partial charge in [-0.2, -0.15) is 0 Å². The van der Waals surface area contributed by atoms with Gasteiger partial charge in [0.2, 0.25) is 0 Å². The van der Waals surface area contributed by atoms with E-state index in [9.17, 15) is 0 Å². The lowest BCUT2D eigenvalue weighted by atomic mass is 9.82. The van der Waals surface area contributed by atoms with Crippen molar-refractivity contribution in [2.75, 3.05) is 13.1 Å². The third-order valence-corrected chi connectivity index (χ3v) is 5.62. The van der Waals surface area contributed by atoms with E-state index < -0.39 is 0 Å². The van der Waals surface area contributed by atoms with Crippen LogP contribution in [0.3, 0.4) is 0 Å². The molecule has 2 fully saturated rings. The van der Waals surface area contributed by atoms with Gasteiger partial charge in [0.15, 0.2) is 0 Å². The molecule has 1 saturated heterocycles. The topological polar surface area (TPSA) is 15.3 Å². The smallest absolute Gasteiger partial charge is 0.0233 e. The van der Waals surface area contributed by atoms with Gasteiger partial charge in [0.1, 0.15) is 0 Å². The first kappa shape index (κ1) is 15.1. The van der Waals surface area contributed by atoms with Gasteiger partial charge in [-0.1, -0.05) is 38.1 Å². The number of nitrogens with zero attached hydrogens (tertiary/aromatic N) is 1. The maximum absolute atomic E-state index is 3.58. The van der Waals surface area contributed by atoms with E-state index in [2.05, 4.69) is 48.3 Å². The van der Waals surface area contributed by atoms with Crippen LogP contribution < -0.4 is 5.32 Å². The van der Waals surface area contributed by atoms with Crippen molar-refractivity contribution in [3.63, 3.8) is 0 Å². The first-order chi connectivity index (χ1) is 10.2. The lowest BCUT2D eigenvalue weighted by molar-refractivity contribution is 0.236. The summed E-state index contributed by atoms with van der Waals surface area (Å²) in [5.41, 5.74) is 3.48. The summed E-state index contributed by atoms with van der Waals surface area (Å²) < 4.78 is 0. The minimum absolute atomic E-state index is 0.591.